The lowest BCUT2D eigenvalue weighted by Crippen LogP contribution is -2.03. The molecule has 74 valence electrons. The third-order valence-electron chi connectivity index (χ3n) is 2.08. The number of hydrogen-bond donors (Lipinski definition) is 1. The van der Waals surface area contributed by atoms with E-state index in [9.17, 15) is 8.42 Å². The van der Waals surface area contributed by atoms with Crippen LogP contribution in [0.4, 0.5) is 0 Å². The van der Waals surface area contributed by atoms with Gasteiger partial charge in [-0.3, -0.25) is 0 Å². The highest BCUT2D eigenvalue weighted by atomic mass is 35.5. The fourth-order valence-corrected chi connectivity index (χ4v) is 3.07. The summed E-state index contributed by atoms with van der Waals surface area (Å²) in [6, 6.07) is 4.63. The Morgan fingerprint density at radius 3 is 2.71 bits per heavy atom. The Hall–Kier alpha value is -0.840. The molecule has 0 aliphatic carbocycles. The quantitative estimate of drug-likeness (QED) is 0.795. The van der Waals surface area contributed by atoms with Crippen LogP contribution < -0.4 is 0 Å². The zero-order valence-corrected chi connectivity index (χ0v) is 8.64. The van der Waals surface area contributed by atoms with Crippen LogP contribution in [0.1, 0.15) is 5.56 Å². The van der Waals surface area contributed by atoms with E-state index in [4.69, 9.17) is 16.7 Å². The number of halogens is 1. The lowest BCUT2D eigenvalue weighted by atomic mass is 10.2. The zero-order valence-electron chi connectivity index (χ0n) is 7.07. The van der Waals surface area contributed by atoms with Crippen LogP contribution in [0.2, 0.25) is 5.02 Å². The summed E-state index contributed by atoms with van der Waals surface area (Å²) in [7, 11) is -3.49. The molecule has 14 heavy (non-hydrogen) atoms. The lowest BCUT2D eigenvalue weighted by Gasteiger charge is -2.00. The van der Waals surface area contributed by atoms with E-state index in [1.165, 1.54) is 12.1 Å². The van der Waals surface area contributed by atoms with Crippen molar-refractivity contribution in [3.63, 3.8) is 0 Å². The predicted octanol–water partition coefficient (Wildman–Crippen LogP) is 1.46. The first-order chi connectivity index (χ1) is 6.55. The lowest BCUT2D eigenvalue weighted by molar-refractivity contribution is 0.339. The Morgan fingerprint density at radius 1 is 1.36 bits per heavy atom. The van der Waals surface area contributed by atoms with Crippen molar-refractivity contribution in [3.05, 3.63) is 33.7 Å². The van der Waals surface area contributed by atoms with E-state index in [1.807, 2.05) is 0 Å². The molecule has 1 aliphatic heterocycles. The highest BCUT2D eigenvalue weighted by Crippen LogP contribution is 2.33. The third-order valence-corrected chi connectivity index (χ3v) is 4.19. The first-order valence-corrected chi connectivity index (χ1v) is 5.78. The van der Waals surface area contributed by atoms with Gasteiger partial charge in [0.25, 0.3) is 0 Å². The molecule has 0 atom stereocenters. The van der Waals surface area contributed by atoms with Crippen LogP contribution in [0.15, 0.2) is 28.0 Å². The van der Waals surface area contributed by atoms with Gasteiger partial charge in [0.15, 0.2) is 0 Å². The van der Waals surface area contributed by atoms with Gasteiger partial charge in [-0.25, -0.2) is 8.42 Å². The highest BCUT2D eigenvalue weighted by Gasteiger charge is 2.28. The van der Waals surface area contributed by atoms with E-state index >= 15 is 0 Å². The van der Waals surface area contributed by atoms with E-state index in [-0.39, 0.29) is 9.80 Å². The summed E-state index contributed by atoms with van der Waals surface area (Å²) in [5, 5.41) is 9.24. The van der Waals surface area contributed by atoms with E-state index in [2.05, 4.69) is 0 Å². The molecule has 0 unspecified atom stereocenters. The van der Waals surface area contributed by atoms with Gasteiger partial charge in [-0.1, -0.05) is 17.7 Å². The fourth-order valence-electron chi connectivity index (χ4n) is 1.38. The van der Waals surface area contributed by atoms with Gasteiger partial charge in [-0.05, 0) is 23.8 Å². The molecule has 0 radical (unpaired) electrons. The Morgan fingerprint density at radius 2 is 2.07 bits per heavy atom. The number of benzene rings is 1. The number of aliphatic hydroxyl groups excluding tert-OH is 1. The van der Waals surface area contributed by atoms with E-state index in [0.29, 0.717) is 10.6 Å². The molecule has 1 aromatic carbocycles. The van der Waals surface area contributed by atoms with Crippen LogP contribution in [-0.4, -0.2) is 20.1 Å². The van der Waals surface area contributed by atoms with Gasteiger partial charge in [0.05, 0.1) is 16.4 Å². The normalized spacial score (nSPS) is 17.7. The Kier molecular flexibility index (Phi) is 2.14. The molecule has 1 N–H and O–H groups in total. The van der Waals surface area contributed by atoms with Crippen LogP contribution in [0, 0.1) is 0 Å². The summed E-state index contributed by atoms with van der Waals surface area (Å²) in [6.07, 6.45) is 1.46. The number of sulfone groups is 1. The first-order valence-electron chi connectivity index (χ1n) is 3.92. The summed E-state index contributed by atoms with van der Waals surface area (Å²) in [4.78, 5) is 0.198. The van der Waals surface area contributed by atoms with Crippen molar-refractivity contribution in [2.45, 2.75) is 4.90 Å². The minimum atomic E-state index is -3.49. The van der Waals surface area contributed by atoms with Crippen molar-refractivity contribution >= 4 is 27.5 Å². The fraction of sp³-hybridized carbons (Fsp3) is 0.111. The summed E-state index contributed by atoms with van der Waals surface area (Å²) in [5.74, 6) is 0. The number of hydrogen-bond acceptors (Lipinski definition) is 3. The average Bonchev–Trinajstić information content (AvgIpc) is 2.38. The summed E-state index contributed by atoms with van der Waals surface area (Å²) >= 11 is 5.69. The highest BCUT2D eigenvalue weighted by molar-refractivity contribution is 7.95. The second kappa shape index (κ2) is 3.08. The molecule has 1 heterocycles. The zero-order chi connectivity index (χ0) is 10.3. The van der Waals surface area contributed by atoms with Gasteiger partial charge in [0.2, 0.25) is 9.84 Å². The Labute approximate surface area is 86.6 Å². The van der Waals surface area contributed by atoms with Crippen LogP contribution in [-0.2, 0) is 9.84 Å². The minimum Gasteiger partial charge on any atom is -0.391 e. The van der Waals surface area contributed by atoms with Crippen molar-refractivity contribution in [1.82, 2.24) is 0 Å². The smallest absolute Gasteiger partial charge is 0.205 e. The SMILES string of the molecule is O=S1(=O)C(CO)=Cc2ccc(Cl)cc21. The van der Waals surface area contributed by atoms with E-state index in [1.54, 1.807) is 12.1 Å². The monoisotopic (exact) mass is 230 g/mol. The molecule has 0 aromatic heterocycles. The molecule has 0 saturated heterocycles. The van der Waals surface area contributed by atoms with Gasteiger partial charge >= 0.3 is 0 Å². The molecule has 0 amide bonds. The predicted molar refractivity (Wildman–Crippen MR) is 53.7 cm³/mol. The third kappa shape index (κ3) is 1.27. The van der Waals surface area contributed by atoms with Crippen LogP contribution in [0.3, 0.4) is 0 Å². The van der Waals surface area contributed by atoms with Crippen molar-refractivity contribution in [2.75, 3.05) is 6.61 Å². The average molecular weight is 231 g/mol. The standard InChI is InChI=1S/C9H7ClO3S/c10-7-2-1-6-3-8(5-11)14(12,13)9(6)4-7/h1-4,11H,5H2. The maximum absolute atomic E-state index is 11.7. The number of aliphatic hydroxyl groups is 1. The summed E-state index contributed by atoms with van der Waals surface area (Å²) in [5.41, 5.74) is 0.582. The topological polar surface area (TPSA) is 54.4 Å². The maximum Gasteiger partial charge on any atom is 0.205 e. The molecule has 5 heteroatoms. The molecule has 0 fully saturated rings. The molecule has 1 aromatic rings. The van der Waals surface area contributed by atoms with Gasteiger partial charge in [-0.15, -0.1) is 0 Å². The molecular weight excluding hydrogens is 224 g/mol. The first kappa shape index (κ1) is 9.71. The molecule has 1 aliphatic rings. The van der Waals surface area contributed by atoms with Crippen molar-refractivity contribution < 1.29 is 13.5 Å². The molecule has 0 bridgehead atoms. The maximum atomic E-state index is 11.7. The summed E-state index contributed by atoms with van der Waals surface area (Å²) in [6.45, 7) is -0.478. The molecule has 2 rings (SSSR count). The van der Waals surface area contributed by atoms with Gasteiger partial charge in [0, 0.05) is 5.02 Å². The van der Waals surface area contributed by atoms with E-state index in [0.717, 1.165) is 0 Å². The van der Waals surface area contributed by atoms with Crippen LogP contribution in [0.5, 0.6) is 0 Å². The van der Waals surface area contributed by atoms with Crippen molar-refractivity contribution in [3.8, 4) is 0 Å². The van der Waals surface area contributed by atoms with Crippen LogP contribution >= 0.6 is 11.6 Å². The summed E-state index contributed by atoms with van der Waals surface area (Å²) < 4.78 is 23.4. The van der Waals surface area contributed by atoms with Crippen LogP contribution in [0.25, 0.3) is 6.08 Å². The number of fused-ring (bicyclic) bond motifs is 1. The van der Waals surface area contributed by atoms with Crippen molar-refractivity contribution in [2.24, 2.45) is 0 Å². The molecule has 3 nitrogen and oxygen atoms in total. The van der Waals surface area contributed by atoms with Gasteiger partial charge < -0.3 is 5.11 Å². The molecule has 0 saturated carbocycles. The Balaban J connectivity index is 2.71. The molecule has 0 spiro atoms. The van der Waals surface area contributed by atoms with Gasteiger partial charge in [-0.2, -0.15) is 0 Å². The second-order valence-electron chi connectivity index (χ2n) is 2.95. The Bertz CT molecular complexity index is 517. The molecular formula is C9H7ClO3S. The largest absolute Gasteiger partial charge is 0.391 e. The van der Waals surface area contributed by atoms with Crippen molar-refractivity contribution in [1.29, 1.82) is 0 Å². The number of rotatable bonds is 1. The minimum absolute atomic E-state index is 0.0229. The van der Waals surface area contributed by atoms with E-state index < -0.39 is 16.4 Å². The van der Waals surface area contributed by atoms with Gasteiger partial charge in [0.1, 0.15) is 0 Å². The second-order valence-corrected chi connectivity index (χ2v) is 5.36.